The van der Waals surface area contributed by atoms with E-state index in [1.807, 2.05) is 12.1 Å². The molecule has 1 aromatic rings. The third-order valence-corrected chi connectivity index (χ3v) is 3.72. The van der Waals surface area contributed by atoms with Gasteiger partial charge in [0.05, 0.1) is 29.2 Å². The van der Waals surface area contributed by atoms with E-state index >= 15 is 0 Å². The lowest BCUT2D eigenvalue weighted by Crippen LogP contribution is -2.57. The van der Waals surface area contributed by atoms with E-state index < -0.39 is 11.1 Å². The molecule has 0 spiro atoms. The van der Waals surface area contributed by atoms with Crippen LogP contribution in [0.15, 0.2) is 24.3 Å². The minimum Gasteiger partial charge on any atom is -0.491 e. The maximum atomic E-state index is 11.8. The van der Waals surface area contributed by atoms with Crippen molar-refractivity contribution in [3.05, 3.63) is 29.3 Å². The van der Waals surface area contributed by atoms with Crippen LogP contribution in [0.25, 0.3) is 0 Å². The summed E-state index contributed by atoms with van der Waals surface area (Å²) in [6, 6.07) is 7.11. The largest absolute Gasteiger partial charge is 0.491 e. The molecule has 0 aliphatic heterocycles. The molecule has 0 saturated heterocycles. The minimum absolute atomic E-state index is 0.177. The molecular formula is C15H22ClNO3. The minimum atomic E-state index is -1.01. The predicted octanol–water partition coefficient (Wildman–Crippen LogP) is 2.77. The van der Waals surface area contributed by atoms with Gasteiger partial charge in [0.2, 0.25) is 5.91 Å². The highest BCUT2D eigenvalue weighted by atomic mass is 35.5. The topological polar surface area (TPSA) is 58.6 Å². The summed E-state index contributed by atoms with van der Waals surface area (Å²) in [6.45, 7) is 7.11. The fourth-order valence-corrected chi connectivity index (χ4v) is 1.57. The Kier molecular flexibility index (Phi) is 5.42. The van der Waals surface area contributed by atoms with Crippen molar-refractivity contribution in [1.82, 2.24) is 5.32 Å². The third kappa shape index (κ3) is 4.69. The van der Waals surface area contributed by atoms with Crippen molar-refractivity contribution >= 4 is 17.5 Å². The summed E-state index contributed by atoms with van der Waals surface area (Å²) in [5.41, 5.74) is -1.72. The van der Waals surface area contributed by atoms with Crippen LogP contribution < -0.4 is 10.1 Å². The molecule has 0 heterocycles. The number of carbonyl (C=O) groups is 1. The average molecular weight is 300 g/mol. The third-order valence-electron chi connectivity index (χ3n) is 3.40. The Hall–Kier alpha value is -1.26. The highest BCUT2D eigenvalue weighted by Gasteiger charge is 2.36. The first kappa shape index (κ1) is 16.8. The summed E-state index contributed by atoms with van der Waals surface area (Å²) in [6.07, 6.45) is 0.199. The Morgan fingerprint density at radius 1 is 1.30 bits per heavy atom. The number of hydrogen-bond acceptors (Lipinski definition) is 3. The monoisotopic (exact) mass is 299 g/mol. The summed E-state index contributed by atoms with van der Waals surface area (Å²) in [5.74, 6) is 0.382. The Balaban J connectivity index is 2.44. The van der Waals surface area contributed by atoms with Gasteiger partial charge < -0.3 is 15.2 Å². The van der Waals surface area contributed by atoms with Gasteiger partial charge in [-0.2, -0.15) is 0 Å². The van der Waals surface area contributed by atoms with Crippen molar-refractivity contribution in [1.29, 1.82) is 0 Å². The molecule has 1 aromatic carbocycles. The van der Waals surface area contributed by atoms with Crippen LogP contribution in [0, 0.1) is 0 Å². The lowest BCUT2D eigenvalue weighted by Gasteiger charge is -2.38. The fraction of sp³-hybridized carbons (Fsp3) is 0.533. The van der Waals surface area contributed by atoms with Crippen molar-refractivity contribution in [2.75, 3.05) is 6.61 Å². The van der Waals surface area contributed by atoms with Crippen LogP contribution in [0.2, 0.25) is 5.02 Å². The van der Waals surface area contributed by atoms with Crippen molar-refractivity contribution in [2.24, 2.45) is 0 Å². The maximum absolute atomic E-state index is 11.8. The molecule has 0 aliphatic rings. The van der Waals surface area contributed by atoms with Crippen LogP contribution in [-0.4, -0.2) is 28.8 Å². The van der Waals surface area contributed by atoms with Gasteiger partial charge in [0, 0.05) is 0 Å². The van der Waals surface area contributed by atoms with Gasteiger partial charge in [-0.05, 0) is 39.8 Å². The number of ether oxygens (including phenoxy) is 1. The Morgan fingerprint density at radius 2 is 1.90 bits per heavy atom. The Labute approximate surface area is 125 Å². The molecule has 4 nitrogen and oxygen atoms in total. The van der Waals surface area contributed by atoms with E-state index in [9.17, 15) is 9.90 Å². The van der Waals surface area contributed by atoms with Gasteiger partial charge in [-0.1, -0.05) is 23.7 Å². The van der Waals surface area contributed by atoms with Crippen molar-refractivity contribution in [2.45, 2.75) is 45.3 Å². The first-order valence-corrected chi connectivity index (χ1v) is 6.92. The summed E-state index contributed by atoms with van der Waals surface area (Å²) < 4.78 is 5.45. The molecule has 5 heteroatoms. The second kappa shape index (κ2) is 6.46. The molecule has 0 fully saturated rings. The number of benzene rings is 1. The van der Waals surface area contributed by atoms with Gasteiger partial charge in [0.15, 0.2) is 0 Å². The Morgan fingerprint density at radius 3 is 2.45 bits per heavy atom. The molecular weight excluding hydrogens is 278 g/mol. The number of hydrogen-bond donors (Lipinski definition) is 2. The van der Waals surface area contributed by atoms with Crippen LogP contribution in [-0.2, 0) is 4.79 Å². The van der Waals surface area contributed by atoms with Crippen molar-refractivity contribution in [3.8, 4) is 5.75 Å². The lowest BCUT2D eigenvalue weighted by atomic mass is 9.86. The summed E-state index contributed by atoms with van der Waals surface area (Å²) >= 11 is 5.95. The van der Waals surface area contributed by atoms with Gasteiger partial charge in [-0.25, -0.2) is 0 Å². The van der Waals surface area contributed by atoms with E-state index in [0.717, 1.165) is 0 Å². The molecule has 0 bridgehead atoms. The molecule has 0 unspecified atom stereocenters. The normalized spacial score (nSPS) is 12.1. The molecule has 0 aromatic heterocycles. The first-order valence-electron chi connectivity index (χ1n) is 6.54. The van der Waals surface area contributed by atoms with Crippen LogP contribution in [0.5, 0.6) is 5.75 Å². The lowest BCUT2D eigenvalue weighted by molar-refractivity contribution is -0.126. The van der Waals surface area contributed by atoms with Crippen molar-refractivity contribution in [3.63, 3.8) is 0 Å². The predicted molar refractivity (Wildman–Crippen MR) is 80.1 cm³/mol. The molecule has 0 saturated carbocycles. The van der Waals surface area contributed by atoms with Gasteiger partial charge >= 0.3 is 0 Å². The summed E-state index contributed by atoms with van der Waals surface area (Å²) in [4.78, 5) is 11.8. The number of aliphatic hydroxyl groups is 1. The molecule has 112 valence electrons. The van der Waals surface area contributed by atoms with E-state index in [1.165, 1.54) is 0 Å². The first-order chi connectivity index (χ1) is 9.13. The second-order valence-corrected chi connectivity index (χ2v) is 6.17. The second-order valence-electron chi connectivity index (χ2n) is 5.76. The van der Waals surface area contributed by atoms with Crippen molar-refractivity contribution < 1.29 is 14.6 Å². The number of para-hydroxylation sites is 1. The van der Waals surface area contributed by atoms with E-state index in [0.29, 0.717) is 10.8 Å². The highest BCUT2D eigenvalue weighted by Crippen LogP contribution is 2.23. The molecule has 0 atom stereocenters. The number of nitrogens with one attached hydrogen (secondary N) is 1. The zero-order valence-electron chi connectivity index (χ0n) is 12.4. The number of rotatable bonds is 6. The maximum Gasteiger partial charge on any atom is 0.223 e. The van der Waals surface area contributed by atoms with Crippen LogP contribution in [0.3, 0.4) is 0 Å². The summed E-state index contributed by atoms with van der Waals surface area (Å²) in [5, 5.41) is 13.3. The molecule has 0 aliphatic carbocycles. The van der Waals surface area contributed by atoms with Crippen LogP contribution in [0.4, 0.5) is 0 Å². The van der Waals surface area contributed by atoms with Gasteiger partial charge in [0.25, 0.3) is 0 Å². The van der Waals surface area contributed by atoms with Gasteiger partial charge in [0.1, 0.15) is 5.75 Å². The number of carbonyl (C=O) groups excluding carboxylic acids is 1. The molecule has 2 N–H and O–H groups in total. The molecule has 0 radical (unpaired) electrons. The zero-order valence-corrected chi connectivity index (χ0v) is 13.1. The molecule has 20 heavy (non-hydrogen) atoms. The van der Waals surface area contributed by atoms with Crippen LogP contribution >= 0.6 is 11.6 Å². The quantitative estimate of drug-likeness (QED) is 0.849. The van der Waals surface area contributed by atoms with E-state index in [4.69, 9.17) is 16.3 Å². The van der Waals surface area contributed by atoms with E-state index in [2.05, 4.69) is 5.32 Å². The molecule has 1 rings (SSSR count). The Bertz CT molecular complexity index is 466. The molecule has 1 amide bonds. The standard InChI is InChI=1S/C15H22ClNO3/c1-14(2,15(3,4)19)17-13(18)9-10-20-12-8-6-5-7-11(12)16/h5-8,19H,9-10H2,1-4H3,(H,17,18). The SMILES string of the molecule is CC(C)(O)C(C)(C)NC(=O)CCOc1ccccc1Cl. The smallest absolute Gasteiger partial charge is 0.223 e. The fourth-order valence-electron chi connectivity index (χ4n) is 1.38. The zero-order chi connectivity index (χ0) is 15.4. The van der Waals surface area contributed by atoms with Crippen LogP contribution in [0.1, 0.15) is 34.1 Å². The van der Waals surface area contributed by atoms with E-state index in [1.54, 1.807) is 39.8 Å². The number of halogens is 1. The summed E-state index contributed by atoms with van der Waals surface area (Å²) in [7, 11) is 0. The number of amides is 1. The highest BCUT2D eigenvalue weighted by molar-refractivity contribution is 6.32. The van der Waals surface area contributed by atoms with Gasteiger partial charge in [-0.3, -0.25) is 4.79 Å². The van der Waals surface area contributed by atoms with Gasteiger partial charge in [-0.15, -0.1) is 0 Å². The van der Waals surface area contributed by atoms with E-state index in [-0.39, 0.29) is 18.9 Å². The average Bonchev–Trinajstić information content (AvgIpc) is 2.29.